The van der Waals surface area contributed by atoms with E-state index >= 15 is 0 Å². The maximum atomic E-state index is 13.6. The molecule has 1 amide bonds. The first-order chi connectivity index (χ1) is 13.6. The summed E-state index contributed by atoms with van der Waals surface area (Å²) in [6, 6.07) is 7.48. The zero-order chi connectivity index (χ0) is 21.2. The predicted octanol–water partition coefficient (Wildman–Crippen LogP) is 4.71. The van der Waals surface area contributed by atoms with Gasteiger partial charge in [0.15, 0.2) is 0 Å². The normalized spacial score (nSPS) is 17.1. The molecule has 0 spiro atoms. The van der Waals surface area contributed by atoms with Crippen molar-refractivity contribution in [2.24, 2.45) is 5.92 Å². The second kappa shape index (κ2) is 7.81. The molecule has 5 nitrogen and oxygen atoms in total. The Morgan fingerprint density at radius 3 is 2.55 bits per heavy atom. The smallest absolute Gasteiger partial charge is 0.303 e. The van der Waals surface area contributed by atoms with Crippen molar-refractivity contribution in [1.29, 1.82) is 0 Å². The molecule has 1 aromatic carbocycles. The minimum absolute atomic E-state index is 0.195. The monoisotopic (exact) mass is 409 g/mol. The predicted molar refractivity (Wildman–Crippen MR) is 97.2 cm³/mol. The first kappa shape index (κ1) is 20.8. The fourth-order valence-electron chi connectivity index (χ4n) is 2.97. The van der Waals surface area contributed by atoms with E-state index in [1.54, 1.807) is 30.3 Å². The number of nitrogens with one attached hydrogen (secondary N) is 1. The summed E-state index contributed by atoms with van der Waals surface area (Å²) in [4.78, 5) is 20.0. The number of halogens is 4. The summed E-state index contributed by atoms with van der Waals surface area (Å²) >= 11 is 0. The van der Waals surface area contributed by atoms with E-state index in [-0.39, 0.29) is 30.0 Å². The molecule has 0 saturated heterocycles. The third-order valence-electron chi connectivity index (χ3n) is 4.53. The molecule has 2 aromatic rings. The fourth-order valence-corrected chi connectivity index (χ4v) is 2.97. The zero-order valence-electron chi connectivity index (χ0n) is 15.5. The van der Waals surface area contributed by atoms with Gasteiger partial charge in [-0.15, -0.1) is 6.58 Å². The number of aromatic nitrogens is 2. The summed E-state index contributed by atoms with van der Waals surface area (Å²) in [5.74, 6) is -8.18. The summed E-state index contributed by atoms with van der Waals surface area (Å²) in [5.41, 5.74) is -0.195. The number of benzene rings is 1. The van der Waals surface area contributed by atoms with E-state index in [9.17, 15) is 22.4 Å². The number of alkyl halides is 4. The van der Waals surface area contributed by atoms with Gasteiger partial charge in [0.2, 0.25) is 17.6 Å². The molecular weight excluding hydrogens is 390 g/mol. The molecule has 1 heterocycles. The molecule has 1 unspecified atom stereocenters. The number of hydrogen-bond donors (Lipinski definition) is 1. The van der Waals surface area contributed by atoms with Gasteiger partial charge in [0.1, 0.15) is 11.3 Å². The second-order valence-corrected chi connectivity index (χ2v) is 6.98. The Bertz CT molecular complexity index is 892. The van der Waals surface area contributed by atoms with Crippen LogP contribution < -0.4 is 10.1 Å². The molecule has 1 aliphatic rings. The summed E-state index contributed by atoms with van der Waals surface area (Å²) in [7, 11) is 0. The summed E-state index contributed by atoms with van der Waals surface area (Å²) in [5, 5.41) is 2.57. The van der Waals surface area contributed by atoms with Crippen LogP contribution in [0.5, 0.6) is 11.6 Å². The highest BCUT2D eigenvalue weighted by Crippen LogP contribution is 2.44. The molecule has 9 heteroatoms. The lowest BCUT2D eigenvalue weighted by atomic mass is 9.76. The highest BCUT2D eigenvalue weighted by atomic mass is 19.3. The third kappa shape index (κ3) is 4.90. The van der Waals surface area contributed by atoms with Crippen molar-refractivity contribution < 1.29 is 27.1 Å². The van der Waals surface area contributed by atoms with Crippen LogP contribution in [0.2, 0.25) is 0 Å². The van der Waals surface area contributed by atoms with Gasteiger partial charge in [0.05, 0.1) is 6.04 Å². The Labute approximate surface area is 164 Å². The standard InChI is InChI=1S/C20H19F4N3O2/c1-3-15(12-9-20(23,24)10-12)26-16(28)14-11-25-18(19(2,21)22)27-17(14)29-13-7-5-4-6-8-13/h3-8,11-12,15H,1,9-10H2,2H3,(H,26,28). The van der Waals surface area contributed by atoms with Crippen LogP contribution in [0.15, 0.2) is 49.2 Å². The van der Waals surface area contributed by atoms with Crippen LogP contribution in [-0.2, 0) is 5.92 Å². The molecule has 0 bridgehead atoms. The van der Waals surface area contributed by atoms with E-state index in [1.165, 1.54) is 6.08 Å². The van der Waals surface area contributed by atoms with Gasteiger partial charge in [-0.1, -0.05) is 24.3 Å². The van der Waals surface area contributed by atoms with Crippen LogP contribution in [0.25, 0.3) is 0 Å². The Hall–Kier alpha value is -2.97. The Morgan fingerprint density at radius 1 is 1.34 bits per heavy atom. The quantitative estimate of drug-likeness (QED) is 0.531. The van der Waals surface area contributed by atoms with Crippen molar-refractivity contribution in [2.45, 2.75) is 37.7 Å². The lowest BCUT2D eigenvalue weighted by molar-refractivity contribution is -0.114. The number of ether oxygens (including phenoxy) is 1. The molecule has 154 valence electrons. The fraction of sp³-hybridized carbons (Fsp3) is 0.350. The van der Waals surface area contributed by atoms with Gasteiger partial charge < -0.3 is 10.1 Å². The van der Waals surface area contributed by atoms with E-state index < -0.39 is 35.5 Å². The average Bonchev–Trinajstić information content (AvgIpc) is 2.64. The van der Waals surface area contributed by atoms with Crippen LogP contribution in [0.1, 0.15) is 35.9 Å². The van der Waals surface area contributed by atoms with Crippen LogP contribution in [0, 0.1) is 5.92 Å². The van der Waals surface area contributed by atoms with Crippen molar-refractivity contribution in [3.63, 3.8) is 0 Å². The van der Waals surface area contributed by atoms with Gasteiger partial charge >= 0.3 is 5.92 Å². The van der Waals surface area contributed by atoms with Gasteiger partial charge in [-0.25, -0.2) is 13.8 Å². The van der Waals surface area contributed by atoms with E-state index in [4.69, 9.17) is 4.74 Å². The van der Waals surface area contributed by atoms with Crippen LogP contribution in [-0.4, -0.2) is 27.8 Å². The number of nitrogens with zero attached hydrogens (tertiary/aromatic N) is 2. The molecule has 1 fully saturated rings. The van der Waals surface area contributed by atoms with Crippen LogP contribution in [0.3, 0.4) is 0 Å². The Balaban J connectivity index is 1.86. The van der Waals surface area contributed by atoms with E-state index in [0.29, 0.717) is 6.92 Å². The topological polar surface area (TPSA) is 64.1 Å². The van der Waals surface area contributed by atoms with Crippen molar-refractivity contribution in [1.82, 2.24) is 15.3 Å². The van der Waals surface area contributed by atoms with Gasteiger partial charge in [0.25, 0.3) is 5.91 Å². The van der Waals surface area contributed by atoms with Crippen LogP contribution >= 0.6 is 0 Å². The largest absolute Gasteiger partial charge is 0.438 e. The lowest BCUT2D eigenvalue weighted by Crippen LogP contribution is -2.48. The third-order valence-corrected chi connectivity index (χ3v) is 4.53. The molecule has 0 aliphatic heterocycles. The number of amides is 1. The van der Waals surface area contributed by atoms with Crippen molar-refractivity contribution in [2.75, 3.05) is 0 Å². The van der Waals surface area contributed by atoms with Gasteiger partial charge in [0, 0.05) is 26.0 Å². The molecule has 0 radical (unpaired) electrons. The Kier molecular flexibility index (Phi) is 5.59. The van der Waals surface area contributed by atoms with E-state index in [2.05, 4.69) is 21.9 Å². The lowest BCUT2D eigenvalue weighted by Gasteiger charge is -2.39. The number of rotatable bonds is 7. The first-order valence-electron chi connectivity index (χ1n) is 8.88. The highest BCUT2D eigenvalue weighted by molar-refractivity contribution is 5.96. The maximum Gasteiger partial charge on any atom is 0.303 e. The SMILES string of the molecule is C=CC(NC(=O)c1cnc(C(C)(F)F)nc1Oc1ccccc1)C1CC(F)(F)C1. The molecule has 1 saturated carbocycles. The number of para-hydroxylation sites is 1. The Morgan fingerprint density at radius 2 is 2.00 bits per heavy atom. The molecule has 1 aromatic heterocycles. The van der Waals surface area contributed by atoms with E-state index in [1.807, 2.05) is 0 Å². The van der Waals surface area contributed by atoms with Crippen molar-refractivity contribution in [3.05, 3.63) is 60.6 Å². The van der Waals surface area contributed by atoms with Gasteiger partial charge in [-0.05, 0) is 18.1 Å². The van der Waals surface area contributed by atoms with Crippen molar-refractivity contribution in [3.8, 4) is 11.6 Å². The molecular formula is C20H19F4N3O2. The van der Waals surface area contributed by atoms with Crippen LogP contribution in [0.4, 0.5) is 17.6 Å². The molecule has 3 rings (SSSR count). The zero-order valence-corrected chi connectivity index (χ0v) is 15.5. The molecule has 1 aliphatic carbocycles. The molecule has 1 atom stereocenters. The first-order valence-corrected chi connectivity index (χ1v) is 8.88. The summed E-state index contributed by atoms with van der Waals surface area (Å²) in [6.45, 7) is 4.20. The minimum atomic E-state index is -3.34. The van der Waals surface area contributed by atoms with Gasteiger partial charge in [-0.2, -0.15) is 13.8 Å². The molecule has 29 heavy (non-hydrogen) atoms. The maximum absolute atomic E-state index is 13.6. The molecule has 1 N–H and O–H groups in total. The number of hydrogen-bond acceptors (Lipinski definition) is 4. The van der Waals surface area contributed by atoms with E-state index in [0.717, 1.165) is 6.20 Å². The van der Waals surface area contributed by atoms with Gasteiger partial charge in [-0.3, -0.25) is 4.79 Å². The minimum Gasteiger partial charge on any atom is -0.438 e. The highest BCUT2D eigenvalue weighted by Gasteiger charge is 2.48. The second-order valence-electron chi connectivity index (χ2n) is 6.98. The number of carbonyl (C=O) groups is 1. The average molecular weight is 409 g/mol. The summed E-state index contributed by atoms with van der Waals surface area (Å²) in [6.07, 6.45) is 1.57. The van der Waals surface area contributed by atoms with Crippen molar-refractivity contribution >= 4 is 5.91 Å². The summed E-state index contributed by atoms with van der Waals surface area (Å²) < 4.78 is 59.1. The number of carbonyl (C=O) groups excluding carboxylic acids is 1.